The van der Waals surface area contributed by atoms with Gasteiger partial charge in [-0.1, -0.05) is 17.7 Å². The van der Waals surface area contributed by atoms with Crippen molar-refractivity contribution in [3.8, 4) is 0 Å². The summed E-state index contributed by atoms with van der Waals surface area (Å²) in [4.78, 5) is 29.4. The molecule has 2 heterocycles. The van der Waals surface area contributed by atoms with Crippen molar-refractivity contribution in [1.29, 1.82) is 0 Å². The molecule has 1 fully saturated rings. The molecule has 3 amide bonds. The van der Waals surface area contributed by atoms with Gasteiger partial charge in [0.1, 0.15) is 0 Å². The third-order valence-electron chi connectivity index (χ3n) is 3.76. The highest BCUT2D eigenvalue weighted by molar-refractivity contribution is 6.33. The van der Waals surface area contributed by atoms with Crippen molar-refractivity contribution in [2.24, 2.45) is 0 Å². The minimum absolute atomic E-state index is 0.0284. The Kier molecular flexibility index (Phi) is 5.35. The van der Waals surface area contributed by atoms with Crippen molar-refractivity contribution in [3.05, 3.63) is 53.3 Å². The summed E-state index contributed by atoms with van der Waals surface area (Å²) in [5, 5.41) is 8.75. The summed E-state index contributed by atoms with van der Waals surface area (Å²) in [6.07, 6.45) is 3.37. The second-order valence-corrected chi connectivity index (χ2v) is 6.01. The predicted octanol–water partition coefficient (Wildman–Crippen LogP) is 1.99. The Morgan fingerprint density at radius 3 is 2.96 bits per heavy atom. The van der Waals surface area contributed by atoms with Crippen LogP contribution >= 0.6 is 11.6 Å². The molecule has 1 aliphatic heterocycles. The fraction of sp³-hybridized carbons (Fsp3) is 0.235. The molecule has 1 aromatic heterocycles. The van der Waals surface area contributed by atoms with E-state index in [0.717, 1.165) is 11.3 Å². The van der Waals surface area contributed by atoms with Gasteiger partial charge in [0.25, 0.3) is 0 Å². The summed E-state index contributed by atoms with van der Waals surface area (Å²) >= 11 is 6.31. The fourth-order valence-corrected chi connectivity index (χ4v) is 2.85. The Morgan fingerprint density at radius 1 is 1.36 bits per heavy atom. The normalized spacial score (nSPS) is 14.0. The molecule has 0 radical (unpaired) electrons. The van der Waals surface area contributed by atoms with Gasteiger partial charge in [-0.15, -0.1) is 0 Å². The lowest BCUT2D eigenvalue weighted by Crippen LogP contribution is -2.47. The topological polar surface area (TPSA) is 86.4 Å². The van der Waals surface area contributed by atoms with Gasteiger partial charge in [-0.3, -0.25) is 9.78 Å². The molecule has 3 rings (SSSR count). The van der Waals surface area contributed by atoms with Crippen LogP contribution in [0.3, 0.4) is 0 Å². The minimum atomic E-state index is -0.329. The first-order chi connectivity index (χ1) is 12.1. The molecule has 25 heavy (non-hydrogen) atoms. The van der Waals surface area contributed by atoms with Gasteiger partial charge in [0.15, 0.2) is 0 Å². The van der Waals surface area contributed by atoms with Crippen LogP contribution in [0.5, 0.6) is 0 Å². The van der Waals surface area contributed by atoms with Crippen molar-refractivity contribution in [2.75, 3.05) is 29.9 Å². The third kappa shape index (κ3) is 4.60. The molecule has 2 aromatic rings. The summed E-state index contributed by atoms with van der Waals surface area (Å²) in [5.41, 5.74) is 2.27. The van der Waals surface area contributed by atoms with Crippen molar-refractivity contribution >= 4 is 34.9 Å². The summed E-state index contributed by atoms with van der Waals surface area (Å²) in [6.45, 7) is 1.95. The summed E-state index contributed by atoms with van der Waals surface area (Å²) in [7, 11) is 0. The van der Waals surface area contributed by atoms with E-state index in [-0.39, 0.29) is 18.5 Å². The average molecular weight is 360 g/mol. The van der Waals surface area contributed by atoms with Crippen LogP contribution in [0.4, 0.5) is 16.2 Å². The molecule has 7 nitrogen and oxygen atoms in total. The summed E-state index contributed by atoms with van der Waals surface area (Å²) < 4.78 is 0. The zero-order valence-corrected chi connectivity index (χ0v) is 14.2. The maximum absolute atomic E-state index is 12.0. The molecule has 0 aliphatic carbocycles. The molecule has 1 aromatic carbocycles. The van der Waals surface area contributed by atoms with Gasteiger partial charge in [0, 0.05) is 37.7 Å². The number of carbonyl (C=O) groups excluding carboxylic acids is 2. The lowest BCUT2D eigenvalue weighted by molar-refractivity contribution is -0.120. The van der Waals surface area contributed by atoms with E-state index in [1.807, 2.05) is 17.0 Å². The van der Waals surface area contributed by atoms with Gasteiger partial charge >= 0.3 is 6.03 Å². The van der Waals surface area contributed by atoms with Gasteiger partial charge in [0.05, 0.1) is 17.3 Å². The van der Waals surface area contributed by atoms with E-state index >= 15 is 0 Å². The van der Waals surface area contributed by atoms with E-state index in [9.17, 15) is 9.59 Å². The van der Waals surface area contributed by atoms with Gasteiger partial charge in [0.2, 0.25) is 5.91 Å². The Bertz CT molecular complexity index is 769. The van der Waals surface area contributed by atoms with Crippen molar-refractivity contribution < 1.29 is 9.59 Å². The number of nitrogens with zero attached hydrogens (tertiary/aromatic N) is 2. The smallest absolute Gasteiger partial charge is 0.319 e. The molecule has 0 spiro atoms. The number of piperazine rings is 1. The van der Waals surface area contributed by atoms with Crippen molar-refractivity contribution in [1.82, 2.24) is 15.6 Å². The number of halogens is 1. The van der Waals surface area contributed by atoms with E-state index in [1.165, 1.54) is 0 Å². The second kappa shape index (κ2) is 7.85. The Hall–Kier alpha value is -2.80. The molecule has 0 bridgehead atoms. The number of urea groups is 1. The first kappa shape index (κ1) is 17.0. The predicted molar refractivity (Wildman–Crippen MR) is 96.8 cm³/mol. The number of amides is 3. The zero-order chi connectivity index (χ0) is 17.6. The molecule has 0 unspecified atom stereocenters. The molecule has 3 N–H and O–H groups in total. The molecule has 0 atom stereocenters. The fourth-order valence-electron chi connectivity index (χ4n) is 2.55. The SMILES string of the molecule is O=C1CN(c2ccc(NC(=O)NCc3cccnc3)cc2Cl)CCN1. The van der Waals surface area contributed by atoms with Gasteiger partial charge in [-0.05, 0) is 29.8 Å². The van der Waals surface area contributed by atoms with Crippen LogP contribution in [-0.4, -0.2) is 36.6 Å². The third-order valence-corrected chi connectivity index (χ3v) is 4.06. The number of pyridine rings is 1. The van der Waals surface area contributed by atoms with E-state index in [0.29, 0.717) is 30.3 Å². The monoisotopic (exact) mass is 359 g/mol. The first-order valence-electron chi connectivity index (χ1n) is 7.87. The highest BCUT2D eigenvalue weighted by atomic mass is 35.5. The van der Waals surface area contributed by atoms with E-state index in [4.69, 9.17) is 11.6 Å². The van der Waals surface area contributed by atoms with Gasteiger partial charge < -0.3 is 20.9 Å². The number of carbonyl (C=O) groups is 2. The molecular weight excluding hydrogens is 342 g/mol. The van der Waals surface area contributed by atoms with Crippen LogP contribution in [0.2, 0.25) is 5.02 Å². The average Bonchev–Trinajstić information content (AvgIpc) is 2.61. The number of benzene rings is 1. The number of hydrogen-bond acceptors (Lipinski definition) is 4. The minimum Gasteiger partial charge on any atom is -0.359 e. The largest absolute Gasteiger partial charge is 0.359 e. The Labute approximate surface area is 150 Å². The zero-order valence-electron chi connectivity index (χ0n) is 13.5. The van der Waals surface area contributed by atoms with Crippen molar-refractivity contribution in [2.45, 2.75) is 6.54 Å². The molecule has 1 aliphatic rings. The Morgan fingerprint density at radius 2 is 2.24 bits per heavy atom. The maximum atomic E-state index is 12.0. The van der Waals surface area contributed by atoms with Crippen molar-refractivity contribution in [3.63, 3.8) is 0 Å². The highest BCUT2D eigenvalue weighted by Crippen LogP contribution is 2.29. The van der Waals surface area contributed by atoms with Crippen LogP contribution in [0, 0.1) is 0 Å². The first-order valence-corrected chi connectivity index (χ1v) is 8.24. The molecule has 1 saturated heterocycles. The van der Waals surface area contributed by atoms with Crippen LogP contribution in [-0.2, 0) is 11.3 Å². The highest BCUT2D eigenvalue weighted by Gasteiger charge is 2.18. The molecule has 0 saturated carbocycles. The number of nitrogens with one attached hydrogen (secondary N) is 3. The number of hydrogen-bond donors (Lipinski definition) is 3. The molecule has 8 heteroatoms. The number of aromatic nitrogens is 1. The van der Waals surface area contributed by atoms with Crippen LogP contribution in [0.15, 0.2) is 42.7 Å². The van der Waals surface area contributed by atoms with E-state index in [2.05, 4.69) is 20.9 Å². The van der Waals surface area contributed by atoms with Crippen LogP contribution in [0.25, 0.3) is 0 Å². The standard InChI is InChI=1S/C17H18ClN5O2/c18-14-8-13(3-4-15(14)23-7-6-20-16(24)11-23)22-17(25)21-10-12-2-1-5-19-9-12/h1-5,8-9H,6-7,10-11H2,(H,20,24)(H2,21,22,25). The number of anilines is 2. The Balaban J connectivity index is 1.58. The van der Waals surface area contributed by atoms with E-state index in [1.54, 1.807) is 30.6 Å². The maximum Gasteiger partial charge on any atom is 0.319 e. The van der Waals surface area contributed by atoms with E-state index < -0.39 is 0 Å². The van der Waals surface area contributed by atoms with Gasteiger partial charge in [-0.25, -0.2) is 4.79 Å². The quantitative estimate of drug-likeness (QED) is 0.779. The number of rotatable bonds is 4. The van der Waals surface area contributed by atoms with Crippen LogP contribution in [0.1, 0.15) is 5.56 Å². The lowest BCUT2D eigenvalue weighted by Gasteiger charge is -2.29. The summed E-state index contributed by atoms with van der Waals surface area (Å²) in [5.74, 6) is -0.0284. The molecular formula is C17H18ClN5O2. The summed E-state index contributed by atoms with van der Waals surface area (Å²) in [6, 6.07) is 8.61. The van der Waals surface area contributed by atoms with Crippen LogP contribution < -0.4 is 20.9 Å². The second-order valence-electron chi connectivity index (χ2n) is 5.61. The molecule has 130 valence electrons. The van der Waals surface area contributed by atoms with Gasteiger partial charge in [-0.2, -0.15) is 0 Å². The lowest BCUT2D eigenvalue weighted by atomic mass is 10.2.